The summed E-state index contributed by atoms with van der Waals surface area (Å²) in [6.07, 6.45) is -0.509. The van der Waals surface area contributed by atoms with Crippen LogP contribution in [0, 0.1) is 6.57 Å². The van der Waals surface area contributed by atoms with Gasteiger partial charge in [-0.1, -0.05) is 12.1 Å². The first-order chi connectivity index (χ1) is 6.76. The highest BCUT2D eigenvalue weighted by Gasteiger charge is 2.01. The number of nitrogens with one attached hydrogen (secondary N) is 1. The zero-order chi connectivity index (χ0) is 10.4. The van der Waals surface area contributed by atoms with Crippen LogP contribution in [0.15, 0.2) is 24.3 Å². The van der Waals surface area contributed by atoms with Crippen LogP contribution in [0.1, 0.15) is 5.56 Å². The van der Waals surface area contributed by atoms with E-state index in [0.717, 1.165) is 5.56 Å². The molecule has 0 unspecified atom stereocenters. The number of rotatable bonds is 2. The van der Waals surface area contributed by atoms with Crippen LogP contribution in [0.2, 0.25) is 0 Å². The van der Waals surface area contributed by atoms with Crippen LogP contribution >= 0.6 is 0 Å². The molecular formula is C10H10N2O2. The lowest BCUT2D eigenvalue weighted by molar-refractivity contribution is 0.187. The second kappa shape index (κ2) is 4.87. The first-order valence-corrected chi connectivity index (χ1v) is 4.03. The van der Waals surface area contributed by atoms with Crippen LogP contribution in [-0.2, 0) is 11.3 Å². The number of methoxy groups -OCH3 is 1. The smallest absolute Gasteiger partial charge is 0.411 e. The minimum atomic E-state index is -0.509. The summed E-state index contributed by atoms with van der Waals surface area (Å²) in [7, 11) is 1.30. The molecule has 0 heterocycles. The number of benzene rings is 1. The predicted molar refractivity (Wildman–Crippen MR) is 52.8 cm³/mol. The van der Waals surface area contributed by atoms with Crippen LogP contribution in [0.4, 0.5) is 10.5 Å². The molecular weight excluding hydrogens is 180 g/mol. The number of hydrogen-bond acceptors (Lipinski definition) is 2. The van der Waals surface area contributed by atoms with Gasteiger partial charge in [0.1, 0.15) is 0 Å². The lowest BCUT2D eigenvalue weighted by Crippen LogP contribution is -2.10. The van der Waals surface area contributed by atoms with E-state index >= 15 is 0 Å². The average molecular weight is 190 g/mol. The third kappa shape index (κ3) is 2.79. The quantitative estimate of drug-likeness (QED) is 0.727. The van der Waals surface area contributed by atoms with Crippen LogP contribution in [0.25, 0.3) is 4.85 Å². The number of carbonyl (C=O) groups excluding carboxylic acids is 1. The summed E-state index contributed by atoms with van der Waals surface area (Å²) in [6.45, 7) is 7.02. The van der Waals surface area contributed by atoms with E-state index in [4.69, 9.17) is 6.57 Å². The minimum Gasteiger partial charge on any atom is -0.453 e. The van der Waals surface area contributed by atoms with E-state index in [1.807, 2.05) is 6.07 Å². The van der Waals surface area contributed by atoms with E-state index in [1.165, 1.54) is 7.11 Å². The summed E-state index contributed by atoms with van der Waals surface area (Å²) >= 11 is 0. The van der Waals surface area contributed by atoms with Crippen molar-refractivity contribution in [1.82, 2.24) is 0 Å². The van der Waals surface area contributed by atoms with Gasteiger partial charge in [-0.3, -0.25) is 5.32 Å². The van der Waals surface area contributed by atoms with Gasteiger partial charge in [-0.25, -0.2) is 11.4 Å². The molecule has 1 rings (SSSR count). The van der Waals surface area contributed by atoms with Gasteiger partial charge in [0.05, 0.1) is 7.11 Å². The standard InChI is InChI=1S/C10H10N2O2/c1-11-7-8-4-3-5-9(6-8)12-10(13)14-2/h3-6H,7H2,2H3,(H,12,13). The Labute approximate surface area is 82.3 Å². The molecule has 0 aliphatic heterocycles. The molecule has 0 aromatic heterocycles. The number of hydrogen-bond donors (Lipinski definition) is 1. The van der Waals surface area contributed by atoms with Crippen molar-refractivity contribution in [1.29, 1.82) is 0 Å². The van der Waals surface area contributed by atoms with Gasteiger partial charge in [0.2, 0.25) is 6.54 Å². The molecule has 0 aliphatic rings. The van der Waals surface area contributed by atoms with E-state index < -0.39 is 6.09 Å². The first kappa shape index (κ1) is 10.1. The Morgan fingerprint density at radius 3 is 3.07 bits per heavy atom. The topological polar surface area (TPSA) is 42.7 Å². The van der Waals surface area contributed by atoms with Crippen molar-refractivity contribution in [3.8, 4) is 0 Å². The molecule has 4 nitrogen and oxygen atoms in total. The van der Waals surface area contributed by atoms with E-state index in [0.29, 0.717) is 12.2 Å². The molecule has 0 aliphatic carbocycles. The van der Waals surface area contributed by atoms with Crippen molar-refractivity contribution in [2.45, 2.75) is 6.54 Å². The van der Waals surface area contributed by atoms with E-state index in [2.05, 4.69) is 14.9 Å². The fraction of sp³-hybridized carbons (Fsp3) is 0.200. The van der Waals surface area contributed by atoms with Crippen molar-refractivity contribution >= 4 is 11.8 Å². The number of nitrogens with zero attached hydrogens (tertiary/aromatic N) is 1. The van der Waals surface area contributed by atoms with Gasteiger partial charge in [0.15, 0.2) is 0 Å². The summed E-state index contributed by atoms with van der Waals surface area (Å²) in [5.74, 6) is 0. The molecule has 0 saturated heterocycles. The molecule has 14 heavy (non-hydrogen) atoms. The average Bonchev–Trinajstić information content (AvgIpc) is 2.19. The fourth-order valence-corrected chi connectivity index (χ4v) is 1.01. The Morgan fingerprint density at radius 2 is 2.43 bits per heavy atom. The molecule has 1 N–H and O–H groups in total. The second-order valence-corrected chi connectivity index (χ2v) is 2.63. The molecule has 0 atom stereocenters. The summed E-state index contributed by atoms with van der Waals surface area (Å²) in [4.78, 5) is 14.1. The Hall–Kier alpha value is -2.02. The Bertz CT molecular complexity index is 369. The number of ether oxygens (including phenoxy) is 1. The SMILES string of the molecule is [C-]#[N+]Cc1cccc(NC(=O)OC)c1. The molecule has 0 radical (unpaired) electrons. The van der Waals surface area contributed by atoms with Crippen molar-refractivity contribution in [2.24, 2.45) is 0 Å². The van der Waals surface area contributed by atoms with E-state index in [-0.39, 0.29) is 0 Å². The van der Waals surface area contributed by atoms with Gasteiger partial charge in [0, 0.05) is 11.3 Å². The normalized spacial score (nSPS) is 8.86. The third-order valence-electron chi connectivity index (χ3n) is 1.62. The highest BCUT2D eigenvalue weighted by atomic mass is 16.5. The molecule has 0 spiro atoms. The zero-order valence-corrected chi connectivity index (χ0v) is 7.78. The molecule has 72 valence electrons. The summed E-state index contributed by atoms with van der Waals surface area (Å²) in [5, 5.41) is 2.53. The van der Waals surface area contributed by atoms with Crippen LogP contribution in [0.3, 0.4) is 0 Å². The highest BCUT2D eigenvalue weighted by molar-refractivity contribution is 5.84. The fourth-order valence-electron chi connectivity index (χ4n) is 1.01. The molecule has 0 saturated carbocycles. The van der Waals surface area contributed by atoms with E-state index in [1.54, 1.807) is 18.2 Å². The number of anilines is 1. The van der Waals surface area contributed by atoms with Crippen LogP contribution in [-0.4, -0.2) is 13.2 Å². The summed E-state index contributed by atoms with van der Waals surface area (Å²) in [5.41, 5.74) is 1.51. The van der Waals surface area contributed by atoms with Crippen LogP contribution in [0.5, 0.6) is 0 Å². The van der Waals surface area contributed by atoms with Crippen LogP contribution < -0.4 is 5.32 Å². The van der Waals surface area contributed by atoms with Gasteiger partial charge in [-0.2, -0.15) is 0 Å². The molecule has 1 aromatic carbocycles. The van der Waals surface area contributed by atoms with Crippen molar-refractivity contribution in [3.05, 3.63) is 41.2 Å². The summed E-state index contributed by atoms with van der Waals surface area (Å²) in [6, 6.07) is 7.10. The zero-order valence-electron chi connectivity index (χ0n) is 7.78. The van der Waals surface area contributed by atoms with Gasteiger partial charge < -0.3 is 9.58 Å². The molecule has 1 amide bonds. The highest BCUT2D eigenvalue weighted by Crippen LogP contribution is 2.11. The van der Waals surface area contributed by atoms with Gasteiger partial charge in [-0.15, -0.1) is 0 Å². The minimum absolute atomic E-state index is 0.316. The van der Waals surface area contributed by atoms with Gasteiger partial charge in [-0.05, 0) is 12.1 Å². The Morgan fingerprint density at radius 1 is 1.64 bits per heavy atom. The molecule has 0 bridgehead atoms. The van der Waals surface area contributed by atoms with E-state index in [9.17, 15) is 4.79 Å². The maximum absolute atomic E-state index is 10.9. The summed E-state index contributed by atoms with van der Waals surface area (Å²) < 4.78 is 4.44. The lowest BCUT2D eigenvalue weighted by atomic mass is 10.2. The first-order valence-electron chi connectivity index (χ1n) is 4.03. The lowest BCUT2D eigenvalue weighted by Gasteiger charge is -2.03. The monoisotopic (exact) mass is 190 g/mol. The molecule has 4 heteroatoms. The predicted octanol–water partition coefficient (Wildman–Crippen LogP) is 2.28. The third-order valence-corrected chi connectivity index (χ3v) is 1.62. The van der Waals surface area contributed by atoms with Gasteiger partial charge in [0.25, 0.3) is 0 Å². The largest absolute Gasteiger partial charge is 0.453 e. The number of amides is 1. The molecule has 0 fully saturated rings. The maximum Gasteiger partial charge on any atom is 0.411 e. The molecule has 1 aromatic rings. The van der Waals surface area contributed by atoms with Crippen molar-refractivity contribution < 1.29 is 9.53 Å². The maximum atomic E-state index is 10.9. The van der Waals surface area contributed by atoms with Gasteiger partial charge >= 0.3 is 6.09 Å². The van der Waals surface area contributed by atoms with Crippen molar-refractivity contribution in [3.63, 3.8) is 0 Å². The Kier molecular flexibility index (Phi) is 3.50. The Balaban J connectivity index is 2.74. The number of carbonyl (C=O) groups is 1. The van der Waals surface area contributed by atoms with Crippen molar-refractivity contribution in [2.75, 3.05) is 12.4 Å². The second-order valence-electron chi connectivity index (χ2n) is 2.63.